The molecule has 3 heteroatoms. The molecular formula is C9H19ClOS. The van der Waals surface area contributed by atoms with Gasteiger partial charge in [-0.15, -0.1) is 11.6 Å². The van der Waals surface area contributed by atoms with Gasteiger partial charge in [0, 0.05) is 11.6 Å². The van der Waals surface area contributed by atoms with Crippen molar-refractivity contribution in [1.82, 2.24) is 0 Å². The molecule has 0 rings (SSSR count). The summed E-state index contributed by atoms with van der Waals surface area (Å²) in [6.45, 7) is 7.15. The van der Waals surface area contributed by atoms with Crippen LogP contribution in [-0.4, -0.2) is 30.1 Å². The van der Waals surface area contributed by atoms with E-state index in [0.717, 1.165) is 24.0 Å². The van der Waals surface area contributed by atoms with Crippen LogP contribution < -0.4 is 0 Å². The van der Waals surface area contributed by atoms with Crippen LogP contribution in [0.4, 0.5) is 0 Å². The standard InChI is InChI=1S/C9H19ClOS/c1-8(2)11-4-5-12-7-9(3)6-10/h8-9H,4-7H2,1-3H3. The van der Waals surface area contributed by atoms with Crippen molar-refractivity contribution < 1.29 is 4.74 Å². The molecule has 12 heavy (non-hydrogen) atoms. The Morgan fingerprint density at radius 2 is 2.00 bits per heavy atom. The van der Waals surface area contributed by atoms with Crippen LogP contribution in [0.15, 0.2) is 0 Å². The van der Waals surface area contributed by atoms with Crippen molar-refractivity contribution in [2.45, 2.75) is 26.9 Å². The predicted molar refractivity (Wildman–Crippen MR) is 58.3 cm³/mol. The summed E-state index contributed by atoms with van der Waals surface area (Å²) in [5, 5.41) is 0. The Kier molecular flexibility index (Phi) is 8.62. The number of alkyl halides is 1. The van der Waals surface area contributed by atoms with Gasteiger partial charge >= 0.3 is 0 Å². The molecule has 0 aliphatic rings. The van der Waals surface area contributed by atoms with Gasteiger partial charge in [0.25, 0.3) is 0 Å². The monoisotopic (exact) mass is 210 g/mol. The summed E-state index contributed by atoms with van der Waals surface area (Å²) >= 11 is 7.59. The zero-order valence-electron chi connectivity index (χ0n) is 8.18. The predicted octanol–water partition coefficient (Wildman–Crippen LogP) is 3.02. The van der Waals surface area contributed by atoms with Gasteiger partial charge in [-0.2, -0.15) is 11.8 Å². The molecule has 0 aromatic carbocycles. The minimum Gasteiger partial charge on any atom is -0.378 e. The first-order chi connectivity index (χ1) is 5.66. The molecule has 1 nitrogen and oxygen atoms in total. The van der Waals surface area contributed by atoms with E-state index in [-0.39, 0.29) is 0 Å². The highest BCUT2D eigenvalue weighted by atomic mass is 35.5. The lowest BCUT2D eigenvalue weighted by atomic mass is 10.3. The fourth-order valence-corrected chi connectivity index (χ4v) is 1.81. The zero-order valence-corrected chi connectivity index (χ0v) is 9.75. The maximum Gasteiger partial charge on any atom is 0.0560 e. The Balaban J connectivity index is 3.00. The average Bonchev–Trinajstić information content (AvgIpc) is 2.03. The normalized spacial score (nSPS) is 13.8. The molecular weight excluding hydrogens is 192 g/mol. The topological polar surface area (TPSA) is 9.23 Å². The molecule has 0 fully saturated rings. The van der Waals surface area contributed by atoms with Gasteiger partial charge in [-0.3, -0.25) is 0 Å². The molecule has 0 aliphatic heterocycles. The van der Waals surface area contributed by atoms with E-state index in [1.165, 1.54) is 0 Å². The highest BCUT2D eigenvalue weighted by Crippen LogP contribution is 2.09. The molecule has 0 spiro atoms. The van der Waals surface area contributed by atoms with Crippen LogP contribution in [0.1, 0.15) is 20.8 Å². The SMILES string of the molecule is CC(CCl)CSCCOC(C)C. The molecule has 0 aromatic rings. The van der Waals surface area contributed by atoms with Crippen LogP contribution in [0.2, 0.25) is 0 Å². The second kappa shape index (κ2) is 8.21. The summed E-state index contributed by atoms with van der Waals surface area (Å²) in [5.74, 6) is 3.61. The Morgan fingerprint density at radius 3 is 2.50 bits per heavy atom. The van der Waals surface area contributed by atoms with Crippen molar-refractivity contribution >= 4 is 23.4 Å². The van der Waals surface area contributed by atoms with Gasteiger partial charge in [-0.25, -0.2) is 0 Å². The van der Waals surface area contributed by atoms with E-state index < -0.39 is 0 Å². The number of hydrogen-bond acceptors (Lipinski definition) is 2. The van der Waals surface area contributed by atoms with Crippen molar-refractivity contribution in [2.75, 3.05) is 24.0 Å². The van der Waals surface area contributed by atoms with Gasteiger partial charge in [-0.1, -0.05) is 6.92 Å². The quantitative estimate of drug-likeness (QED) is 0.472. The molecule has 1 atom stereocenters. The van der Waals surface area contributed by atoms with Crippen molar-refractivity contribution in [3.63, 3.8) is 0 Å². The van der Waals surface area contributed by atoms with Crippen molar-refractivity contribution in [2.24, 2.45) is 5.92 Å². The molecule has 0 aromatic heterocycles. The number of thioether (sulfide) groups is 1. The third kappa shape index (κ3) is 8.69. The first-order valence-electron chi connectivity index (χ1n) is 4.42. The molecule has 0 radical (unpaired) electrons. The third-order valence-electron chi connectivity index (χ3n) is 1.34. The van der Waals surface area contributed by atoms with E-state index in [4.69, 9.17) is 16.3 Å². The largest absolute Gasteiger partial charge is 0.378 e. The van der Waals surface area contributed by atoms with E-state index in [0.29, 0.717) is 12.0 Å². The first-order valence-corrected chi connectivity index (χ1v) is 6.11. The Bertz CT molecular complexity index is 98.5. The van der Waals surface area contributed by atoms with Crippen LogP contribution in [0.25, 0.3) is 0 Å². The fraction of sp³-hybridized carbons (Fsp3) is 1.00. The summed E-state index contributed by atoms with van der Waals surface area (Å²) in [6, 6.07) is 0. The van der Waals surface area contributed by atoms with Crippen LogP contribution in [-0.2, 0) is 4.74 Å². The van der Waals surface area contributed by atoms with Crippen molar-refractivity contribution in [3.8, 4) is 0 Å². The number of halogens is 1. The smallest absolute Gasteiger partial charge is 0.0560 e. The number of hydrogen-bond donors (Lipinski definition) is 0. The van der Waals surface area contributed by atoms with E-state index in [2.05, 4.69) is 20.8 Å². The lowest BCUT2D eigenvalue weighted by molar-refractivity contribution is 0.0920. The summed E-state index contributed by atoms with van der Waals surface area (Å²) < 4.78 is 5.40. The van der Waals surface area contributed by atoms with Crippen LogP contribution in [0.5, 0.6) is 0 Å². The second-order valence-electron chi connectivity index (χ2n) is 3.25. The summed E-state index contributed by atoms with van der Waals surface area (Å²) in [4.78, 5) is 0. The van der Waals surface area contributed by atoms with E-state index >= 15 is 0 Å². The minimum absolute atomic E-state index is 0.357. The first kappa shape index (κ1) is 12.6. The molecule has 0 saturated carbocycles. The van der Waals surface area contributed by atoms with Gasteiger partial charge in [0.1, 0.15) is 0 Å². The highest BCUT2D eigenvalue weighted by molar-refractivity contribution is 7.99. The lowest BCUT2D eigenvalue weighted by Crippen LogP contribution is -2.07. The molecule has 0 amide bonds. The van der Waals surface area contributed by atoms with Gasteiger partial charge in [0.15, 0.2) is 0 Å². The van der Waals surface area contributed by atoms with Crippen LogP contribution >= 0.6 is 23.4 Å². The molecule has 0 aliphatic carbocycles. The van der Waals surface area contributed by atoms with Gasteiger partial charge in [0.2, 0.25) is 0 Å². The molecule has 1 unspecified atom stereocenters. The van der Waals surface area contributed by atoms with Gasteiger partial charge in [0.05, 0.1) is 12.7 Å². The molecule has 74 valence electrons. The van der Waals surface area contributed by atoms with E-state index in [1.54, 1.807) is 0 Å². The third-order valence-corrected chi connectivity index (χ3v) is 3.13. The summed E-state index contributed by atoms with van der Waals surface area (Å²) in [6.07, 6.45) is 0.357. The van der Waals surface area contributed by atoms with Crippen LogP contribution in [0.3, 0.4) is 0 Å². The molecule has 0 N–H and O–H groups in total. The Hall–Kier alpha value is 0.600. The Morgan fingerprint density at radius 1 is 1.33 bits per heavy atom. The molecule has 0 heterocycles. The zero-order chi connectivity index (χ0) is 9.40. The van der Waals surface area contributed by atoms with Gasteiger partial charge in [-0.05, 0) is 25.5 Å². The fourth-order valence-electron chi connectivity index (χ4n) is 0.672. The maximum atomic E-state index is 5.67. The number of rotatable bonds is 7. The summed E-state index contributed by atoms with van der Waals surface area (Å²) in [7, 11) is 0. The number of ether oxygens (including phenoxy) is 1. The average molecular weight is 211 g/mol. The minimum atomic E-state index is 0.357. The molecule has 0 saturated heterocycles. The Labute approximate surface area is 85.2 Å². The second-order valence-corrected chi connectivity index (χ2v) is 4.71. The van der Waals surface area contributed by atoms with Gasteiger partial charge < -0.3 is 4.74 Å². The van der Waals surface area contributed by atoms with Crippen molar-refractivity contribution in [1.29, 1.82) is 0 Å². The van der Waals surface area contributed by atoms with Crippen LogP contribution in [0, 0.1) is 5.92 Å². The van der Waals surface area contributed by atoms with Crippen molar-refractivity contribution in [3.05, 3.63) is 0 Å². The van der Waals surface area contributed by atoms with E-state index in [9.17, 15) is 0 Å². The summed E-state index contributed by atoms with van der Waals surface area (Å²) in [5.41, 5.74) is 0. The highest BCUT2D eigenvalue weighted by Gasteiger charge is 1.99. The maximum absolute atomic E-state index is 5.67. The van der Waals surface area contributed by atoms with E-state index in [1.807, 2.05) is 11.8 Å². The molecule has 0 bridgehead atoms. The lowest BCUT2D eigenvalue weighted by Gasteiger charge is -2.08.